The van der Waals surface area contributed by atoms with Gasteiger partial charge in [0.1, 0.15) is 0 Å². The fraction of sp³-hybridized carbons (Fsp3) is 0.300. The number of aliphatic hydroxyl groups excluding tert-OH is 1. The zero-order valence-electron chi connectivity index (χ0n) is 7.74. The standard InChI is InChI=1S/C10H11ClO3/c1-14-10(13)9(12)6-7-2-4-8(11)5-3-7/h2-5,9,12H,6H2,1H3. The van der Waals surface area contributed by atoms with E-state index in [0.29, 0.717) is 5.02 Å². The van der Waals surface area contributed by atoms with Crippen molar-refractivity contribution in [2.45, 2.75) is 12.5 Å². The summed E-state index contributed by atoms with van der Waals surface area (Å²) in [6.07, 6.45) is -0.870. The second-order valence-electron chi connectivity index (χ2n) is 2.87. The summed E-state index contributed by atoms with van der Waals surface area (Å²) in [4.78, 5) is 10.9. The van der Waals surface area contributed by atoms with E-state index in [-0.39, 0.29) is 6.42 Å². The van der Waals surface area contributed by atoms with Crippen LogP contribution in [0.4, 0.5) is 0 Å². The van der Waals surface area contributed by atoms with E-state index in [2.05, 4.69) is 4.74 Å². The monoisotopic (exact) mass is 214 g/mol. The van der Waals surface area contributed by atoms with E-state index < -0.39 is 12.1 Å². The average Bonchev–Trinajstić information content (AvgIpc) is 2.20. The number of ether oxygens (including phenoxy) is 1. The Morgan fingerprint density at radius 1 is 1.50 bits per heavy atom. The van der Waals surface area contributed by atoms with Gasteiger partial charge in [0.05, 0.1) is 7.11 Å². The van der Waals surface area contributed by atoms with Crippen LogP contribution in [0.5, 0.6) is 0 Å². The van der Waals surface area contributed by atoms with Gasteiger partial charge in [-0.3, -0.25) is 0 Å². The van der Waals surface area contributed by atoms with Gasteiger partial charge in [-0.2, -0.15) is 0 Å². The first-order chi connectivity index (χ1) is 6.63. The van der Waals surface area contributed by atoms with E-state index in [1.165, 1.54) is 7.11 Å². The fourth-order valence-electron chi connectivity index (χ4n) is 1.06. The highest BCUT2D eigenvalue weighted by Gasteiger charge is 2.15. The summed E-state index contributed by atoms with van der Waals surface area (Å²) < 4.78 is 4.39. The molecule has 1 N–H and O–H groups in total. The lowest BCUT2D eigenvalue weighted by atomic mass is 10.1. The molecule has 1 rings (SSSR count). The highest BCUT2D eigenvalue weighted by atomic mass is 35.5. The Kier molecular flexibility index (Phi) is 3.92. The highest BCUT2D eigenvalue weighted by Crippen LogP contribution is 2.11. The zero-order chi connectivity index (χ0) is 10.6. The lowest BCUT2D eigenvalue weighted by molar-refractivity contribution is -0.150. The molecule has 4 heteroatoms. The molecule has 0 saturated heterocycles. The number of halogens is 1. The number of hydrogen-bond donors (Lipinski definition) is 1. The predicted octanol–water partition coefficient (Wildman–Crippen LogP) is 1.42. The number of hydrogen-bond acceptors (Lipinski definition) is 3. The van der Waals surface area contributed by atoms with Crippen molar-refractivity contribution in [1.82, 2.24) is 0 Å². The minimum atomic E-state index is -1.11. The van der Waals surface area contributed by atoms with Crippen molar-refractivity contribution in [2.75, 3.05) is 7.11 Å². The van der Waals surface area contributed by atoms with Gasteiger partial charge in [-0.05, 0) is 17.7 Å². The molecule has 0 bridgehead atoms. The first kappa shape index (κ1) is 11.0. The molecular formula is C10H11ClO3. The van der Waals surface area contributed by atoms with Gasteiger partial charge in [-0.1, -0.05) is 23.7 Å². The third-order valence-corrected chi connectivity index (χ3v) is 2.07. The van der Waals surface area contributed by atoms with Gasteiger partial charge in [0.15, 0.2) is 6.10 Å². The second kappa shape index (κ2) is 4.98. The molecule has 14 heavy (non-hydrogen) atoms. The van der Waals surface area contributed by atoms with Crippen molar-refractivity contribution in [3.63, 3.8) is 0 Å². The van der Waals surface area contributed by atoms with Gasteiger partial charge in [-0.15, -0.1) is 0 Å². The third-order valence-electron chi connectivity index (χ3n) is 1.82. The minimum absolute atomic E-state index is 0.240. The molecule has 0 radical (unpaired) electrons. The second-order valence-corrected chi connectivity index (χ2v) is 3.31. The van der Waals surface area contributed by atoms with Crippen LogP contribution in [0.3, 0.4) is 0 Å². The van der Waals surface area contributed by atoms with E-state index in [1.807, 2.05) is 0 Å². The molecule has 0 aliphatic carbocycles. The molecule has 3 nitrogen and oxygen atoms in total. The maximum absolute atomic E-state index is 10.9. The predicted molar refractivity (Wildman–Crippen MR) is 53.2 cm³/mol. The summed E-state index contributed by atoms with van der Waals surface area (Å²) in [6, 6.07) is 6.94. The summed E-state index contributed by atoms with van der Waals surface area (Å²) >= 11 is 5.68. The summed E-state index contributed by atoms with van der Waals surface area (Å²) in [5.74, 6) is -0.625. The van der Waals surface area contributed by atoms with Crippen molar-refractivity contribution < 1.29 is 14.6 Å². The van der Waals surface area contributed by atoms with Crippen molar-refractivity contribution in [3.8, 4) is 0 Å². The van der Waals surface area contributed by atoms with Gasteiger partial charge in [0, 0.05) is 11.4 Å². The molecule has 0 aromatic heterocycles. The van der Waals surface area contributed by atoms with Gasteiger partial charge in [-0.25, -0.2) is 4.79 Å². The molecule has 0 heterocycles. The fourth-order valence-corrected chi connectivity index (χ4v) is 1.19. The van der Waals surface area contributed by atoms with Crippen LogP contribution < -0.4 is 0 Å². The molecule has 0 spiro atoms. The molecule has 0 aliphatic heterocycles. The van der Waals surface area contributed by atoms with E-state index in [1.54, 1.807) is 24.3 Å². The van der Waals surface area contributed by atoms with Gasteiger partial charge in [0.25, 0.3) is 0 Å². The Morgan fingerprint density at radius 3 is 2.57 bits per heavy atom. The first-order valence-corrected chi connectivity index (χ1v) is 4.51. The Morgan fingerprint density at radius 2 is 2.07 bits per heavy atom. The van der Waals surface area contributed by atoms with Crippen molar-refractivity contribution in [1.29, 1.82) is 0 Å². The number of aliphatic hydroxyl groups is 1. The molecule has 0 saturated carbocycles. The lowest BCUT2D eigenvalue weighted by Gasteiger charge is -2.07. The van der Waals surface area contributed by atoms with Gasteiger partial charge in [0.2, 0.25) is 0 Å². The smallest absolute Gasteiger partial charge is 0.335 e. The van der Waals surface area contributed by atoms with Crippen LogP contribution in [-0.2, 0) is 16.0 Å². The van der Waals surface area contributed by atoms with Crippen LogP contribution in [-0.4, -0.2) is 24.3 Å². The number of carbonyl (C=O) groups is 1. The summed E-state index contributed by atoms with van der Waals surface area (Å²) in [7, 11) is 1.24. The lowest BCUT2D eigenvalue weighted by Crippen LogP contribution is -2.23. The quantitative estimate of drug-likeness (QED) is 0.775. The highest BCUT2D eigenvalue weighted by molar-refractivity contribution is 6.30. The van der Waals surface area contributed by atoms with Crippen molar-refractivity contribution in [3.05, 3.63) is 34.9 Å². The molecule has 0 amide bonds. The van der Waals surface area contributed by atoms with E-state index in [0.717, 1.165) is 5.56 Å². The molecule has 0 aliphatic rings. The first-order valence-electron chi connectivity index (χ1n) is 4.14. The molecule has 1 aromatic rings. The topological polar surface area (TPSA) is 46.5 Å². The molecule has 1 aromatic carbocycles. The zero-order valence-corrected chi connectivity index (χ0v) is 8.49. The molecule has 1 atom stereocenters. The number of carbonyl (C=O) groups excluding carboxylic acids is 1. The van der Waals surface area contributed by atoms with E-state index >= 15 is 0 Å². The molecular weight excluding hydrogens is 204 g/mol. The Hall–Kier alpha value is -1.06. The summed E-state index contributed by atoms with van der Waals surface area (Å²) in [5.41, 5.74) is 0.840. The maximum Gasteiger partial charge on any atom is 0.335 e. The molecule has 0 fully saturated rings. The van der Waals surface area contributed by atoms with Crippen LogP contribution in [0.25, 0.3) is 0 Å². The Bertz CT molecular complexity index is 308. The minimum Gasteiger partial charge on any atom is -0.467 e. The summed E-state index contributed by atoms with van der Waals surface area (Å²) in [5, 5.41) is 9.96. The number of rotatable bonds is 3. The van der Waals surface area contributed by atoms with Crippen molar-refractivity contribution in [2.24, 2.45) is 0 Å². The van der Waals surface area contributed by atoms with Gasteiger partial charge >= 0.3 is 5.97 Å². The third kappa shape index (κ3) is 3.01. The summed E-state index contributed by atoms with van der Waals surface area (Å²) in [6.45, 7) is 0. The SMILES string of the molecule is COC(=O)C(O)Cc1ccc(Cl)cc1. The van der Waals surface area contributed by atoms with Crippen LogP contribution in [0.15, 0.2) is 24.3 Å². The Balaban J connectivity index is 2.60. The average molecular weight is 215 g/mol. The van der Waals surface area contributed by atoms with Crippen LogP contribution in [0.1, 0.15) is 5.56 Å². The van der Waals surface area contributed by atoms with E-state index in [9.17, 15) is 9.90 Å². The number of esters is 1. The normalized spacial score (nSPS) is 12.2. The maximum atomic E-state index is 10.9. The van der Waals surface area contributed by atoms with E-state index in [4.69, 9.17) is 11.6 Å². The molecule has 1 unspecified atom stereocenters. The van der Waals surface area contributed by atoms with Crippen LogP contribution in [0.2, 0.25) is 5.02 Å². The molecule has 76 valence electrons. The number of benzene rings is 1. The Labute approximate surface area is 87.3 Å². The number of methoxy groups -OCH3 is 1. The van der Waals surface area contributed by atoms with Crippen LogP contribution >= 0.6 is 11.6 Å². The van der Waals surface area contributed by atoms with Crippen LogP contribution in [0, 0.1) is 0 Å². The van der Waals surface area contributed by atoms with Crippen molar-refractivity contribution >= 4 is 17.6 Å². The van der Waals surface area contributed by atoms with Gasteiger partial charge < -0.3 is 9.84 Å². The largest absolute Gasteiger partial charge is 0.467 e.